The molecule has 7 heteroatoms. The maximum atomic E-state index is 12.2. The average Bonchev–Trinajstić information content (AvgIpc) is 3.25. The fraction of sp³-hybridized carbons (Fsp3) is 0.600. The second-order valence-electron chi connectivity index (χ2n) is 5.58. The van der Waals surface area contributed by atoms with E-state index in [2.05, 4.69) is 5.32 Å². The van der Waals surface area contributed by atoms with Crippen molar-refractivity contribution in [2.75, 3.05) is 39.3 Å². The van der Waals surface area contributed by atoms with E-state index in [1.165, 1.54) is 11.3 Å². The topological polar surface area (TPSA) is 61.9 Å². The van der Waals surface area contributed by atoms with Gasteiger partial charge in [-0.3, -0.25) is 4.79 Å². The van der Waals surface area contributed by atoms with Gasteiger partial charge in [-0.2, -0.15) is 0 Å². The normalized spacial score (nSPS) is 21.9. The minimum atomic E-state index is -0.0567. The lowest BCUT2D eigenvalue weighted by Crippen LogP contribution is -2.53. The summed E-state index contributed by atoms with van der Waals surface area (Å²) in [6.07, 6.45) is 2.25. The van der Waals surface area contributed by atoms with Crippen LogP contribution >= 0.6 is 11.3 Å². The molecule has 0 spiro atoms. The Labute approximate surface area is 134 Å². The van der Waals surface area contributed by atoms with Crippen LogP contribution in [0.4, 0.5) is 4.79 Å². The number of urea groups is 1. The summed E-state index contributed by atoms with van der Waals surface area (Å²) in [4.78, 5) is 28.7. The number of ether oxygens (including phenoxy) is 1. The number of hydrogen-bond acceptors (Lipinski definition) is 4. The van der Waals surface area contributed by atoms with E-state index in [1.807, 2.05) is 22.4 Å². The molecule has 0 aromatic carbocycles. The number of nitrogens with zero attached hydrogens (tertiary/aromatic N) is 2. The Morgan fingerprint density at radius 3 is 2.68 bits per heavy atom. The standard InChI is InChI=1S/C15H21N3O3S/c19-14(13-4-2-10-22-13)17-5-7-18(8-6-17)15(20)16-11-12-3-1-9-21-12/h2,4,10,12H,1,3,5-9,11H2,(H,16,20). The second kappa shape index (κ2) is 7.11. The van der Waals surface area contributed by atoms with Crippen LogP contribution in [0.15, 0.2) is 17.5 Å². The summed E-state index contributed by atoms with van der Waals surface area (Å²) in [5.74, 6) is 0.0643. The molecule has 120 valence electrons. The fourth-order valence-corrected chi connectivity index (χ4v) is 3.48. The first-order valence-corrected chi connectivity index (χ1v) is 8.59. The fourth-order valence-electron chi connectivity index (χ4n) is 2.79. The van der Waals surface area contributed by atoms with Gasteiger partial charge < -0.3 is 19.9 Å². The Morgan fingerprint density at radius 1 is 1.27 bits per heavy atom. The maximum absolute atomic E-state index is 12.2. The first-order chi connectivity index (χ1) is 10.7. The first-order valence-electron chi connectivity index (χ1n) is 7.71. The molecule has 2 aliphatic heterocycles. The van der Waals surface area contributed by atoms with Gasteiger partial charge in [0.25, 0.3) is 5.91 Å². The van der Waals surface area contributed by atoms with E-state index in [0.29, 0.717) is 32.7 Å². The molecule has 2 aliphatic rings. The predicted octanol–water partition coefficient (Wildman–Crippen LogP) is 1.39. The number of carbonyl (C=O) groups excluding carboxylic acids is 2. The van der Waals surface area contributed by atoms with Gasteiger partial charge in [0.1, 0.15) is 0 Å². The quantitative estimate of drug-likeness (QED) is 0.914. The minimum Gasteiger partial charge on any atom is -0.376 e. The summed E-state index contributed by atoms with van der Waals surface area (Å²) >= 11 is 1.46. The SMILES string of the molecule is O=C(NCC1CCCO1)N1CCN(C(=O)c2cccs2)CC1. The molecule has 2 saturated heterocycles. The van der Waals surface area contributed by atoms with Gasteiger partial charge in [0, 0.05) is 39.3 Å². The third kappa shape index (κ3) is 3.59. The molecule has 0 radical (unpaired) electrons. The zero-order valence-corrected chi connectivity index (χ0v) is 13.3. The first kappa shape index (κ1) is 15.3. The molecule has 3 rings (SSSR count). The van der Waals surface area contributed by atoms with E-state index in [9.17, 15) is 9.59 Å². The summed E-state index contributed by atoms with van der Waals surface area (Å²) < 4.78 is 5.50. The van der Waals surface area contributed by atoms with E-state index >= 15 is 0 Å². The molecule has 1 atom stereocenters. The lowest BCUT2D eigenvalue weighted by Gasteiger charge is -2.34. The minimum absolute atomic E-state index is 0.0567. The summed E-state index contributed by atoms with van der Waals surface area (Å²) in [5.41, 5.74) is 0. The number of amides is 3. The highest BCUT2D eigenvalue weighted by atomic mass is 32.1. The highest BCUT2D eigenvalue weighted by molar-refractivity contribution is 7.12. The Morgan fingerprint density at radius 2 is 2.05 bits per heavy atom. The van der Waals surface area contributed by atoms with Crippen LogP contribution in [0.25, 0.3) is 0 Å². The van der Waals surface area contributed by atoms with Crippen molar-refractivity contribution in [3.05, 3.63) is 22.4 Å². The number of hydrogen-bond donors (Lipinski definition) is 1. The van der Waals surface area contributed by atoms with Gasteiger partial charge in [0.15, 0.2) is 0 Å². The number of carbonyl (C=O) groups is 2. The molecule has 1 N–H and O–H groups in total. The van der Waals surface area contributed by atoms with Crippen molar-refractivity contribution >= 4 is 23.3 Å². The van der Waals surface area contributed by atoms with Crippen LogP contribution in [0.3, 0.4) is 0 Å². The molecule has 22 heavy (non-hydrogen) atoms. The smallest absolute Gasteiger partial charge is 0.317 e. The lowest BCUT2D eigenvalue weighted by atomic mass is 10.2. The predicted molar refractivity (Wildman–Crippen MR) is 84.2 cm³/mol. The molecule has 3 heterocycles. The molecular weight excluding hydrogens is 302 g/mol. The van der Waals surface area contributed by atoms with Crippen molar-refractivity contribution in [3.63, 3.8) is 0 Å². The molecule has 0 bridgehead atoms. The van der Waals surface area contributed by atoms with Crippen molar-refractivity contribution in [2.24, 2.45) is 0 Å². The van der Waals surface area contributed by atoms with Crippen LogP contribution in [0, 0.1) is 0 Å². The van der Waals surface area contributed by atoms with Crippen LogP contribution in [0.5, 0.6) is 0 Å². The third-order valence-corrected chi connectivity index (χ3v) is 4.95. The van der Waals surface area contributed by atoms with Crippen LogP contribution in [0.2, 0.25) is 0 Å². The highest BCUT2D eigenvalue weighted by Gasteiger charge is 2.26. The zero-order chi connectivity index (χ0) is 15.4. The van der Waals surface area contributed by atoms with E-state index < -0.39 is 0 Å². The number of rotatable bonds is 3. The third-order valence-electron chi connectivity index (χ3n) is 4.09. The summed E-state index contributed by atoms with van der Waals surface area (Å²) in [6.45, 7) is 3.70. The zero-order valence-electron chi connectivity index (χ0n) is 12.5. The van der Waals surface area contributed by atoms with Crippen LogP contribution < -0.4 is 5.32 Å². The molecule has 2 fully saturated rings. The Bertz CT molecular complexity index is 506. The molecule has 1 aromatic heterocycles. The molecular formula is C15H21N3O3S. The van der Waals surface area contributed by atoms with Crippen LogP contribution in [-0.2, 0) is 4.74 Å². The molecule has 6 nitrogen and oxygen atoms in total. The molecule has 1 unspecified atom stereocenters. The molecule has 1 aromatic rings. The Kier molecular flexibility index (Phi) is 4.94. The Hall–Kier alpha value is -1.60. The van der Waals surface area contributed by atoms with Gasteiger partial charge in [-0.25, -0.2) is 4.79 Å². The highest BCUT2D eigenvalue weighted by Crippen LogP contribution is 2.14. The molecule has 0 aliphatic carbocycles. The van der Waals surface area contributed by atoms with Gasteiger partial charge in [-0.15, -0.1) is 11.3 Å². The van der Waals surface area contributed by atoms with Gasteiger partial charge in [0.2, 0.25) is 0 Å². The van der Waals surface area contributed by atoms with E-state index in [4.69, 9.17) is 4.74 Å². The monoisotopic (exact) mass is 323 g/mol. The summed E-state index contributed by atoms with van der Waals surface area (Å²) in [5, 5.41) is 4.83. The lowest BCUT2D eigenvalue weighted by molar-refractivity contribution is 0.0664. The molecule has 0 saturated carbocycles. The van der Waals surface area contributed by atoms with Gasteiger partial charge in [-0.05, 0) is 24.3 Å². The number of thiophene rings is 1. The van der Waals surface area contributed by atoms with E-state index in [0.717, 1.165) is 24.3 Å². The maximum Gasteiger partial charge on any atom is 0.317 e. The molecule has 3 amide bonds. The largest absolute Gasteiger partial charge is 0.376 e. The van der Waals surface area contributed by atoms with Crippen LogP contribution in [0.1, 0.15) is 22.5 Å². The number of nitrogens with one attached hydrogen (secondary N) is 1. The van der Waals surface area contributed by atoms with Crippen molar-refractivity contribution in [1.29, 1.82) is 0 Å². The average molecular weight is 323 g/mol. The number of piperazine rings is 1. The summed E-state index contributed by atoms with van der Waals surface area (Å²) in [6, 6.07) is 3.67. The van der Waals surface area contributed by atoms with Crippen molar-refractivity contribution in [3.8, 4) is 0 Å². The van der Waals surface area contributed by atoms with E-state index in [-0.39, 0.29) is 18.0 Å². The second-order valence-corrected chi connectivity index (χ2v) is 6.53. The van der Waals surface area contributed by atoms with Crippen LogP contribution in [-0.4, -0.2) is 67.2 Å². The van der Waals surface area contributed by atoms with Crippen molar-refractivity contribution in [1.82, 2.24) is 15.1 Å². The Balaban J connectivity index is 1.42. The van der Waals surface area contributed by atoms with E-state index in [1.54, 1.807) is 4.90 Å². The van der Waals surface area contributed by atoms with Gasteiger partial charge in [-0.1, -0.05) is 6.07 Å². The summed E-state index contributed by atoms with van der Waals surface area (Å²) in [7, 11) is 0. The van der Waals surface area contributed by atoms with Gasteiger partial charge >= 0.3 is 6.03 Å². The van der Waals surface area contributed by atoms with Crippen molar-refractivity contribution in [2.45, 2.75) is 18.9 Å². The van der Waals surface area contributed by atoms with Gasteiger partial charge in [0.05, 0.1) is 11.0 Å². The van der Waals surface area contributed by atoms with Crippen molar-refractivity contribution < 1.29 is 14.3 Å².